The number of hydrogen-bond acceptors (Lipinski definition) is 4. The van der Waals surface area contributed by atoms with Crippen LogP contribution in [0.3, 0.4) is 0 Å². The van der Waals surface area contributed by atoms with Gasteiger partial charge in [-0.25, -0.2) is 0 Å². The lowest BCUT2D eigenvalue weighted by molar-refractivity contribution is -0.123. The molecule has 114 valence electrons. The standard InChI is InChI=1S/C16H18N4OS/c1-16(2,3)15(21)18-13-12(9-17)14(20-19-13)22-10-11-7-5-4-6-8-11/h4-8H,10H2,1-3H3,(H2,18,19,20,21). The number of nitrogens with one attached hydrogen (secondary N) is 2. The molecule has 22 heavy (non-hydrogen) atoms. The fourth-order valence-corrected chi connectivity index (χ4v) is 2.55. The minimum absolute atomic E-state index is 0.160. The molecule has 2 aromatic rings. The first-order valence-electron chi connectivity index (χ1n) is 6.88. The number of rotatable bonds is 4. The third-order valence-electron chi connectivity index (χ3n) is 2.98. The summed E-state index contributed by atoms with van der Waals surface area (Å²) < 4.78 is 0. The maximum absolute atomic E-state index is 12.0. The lowest BCUT2D eigenvalue weighted by atomic mass is 9.96. The minimum Gasteiger partial charge on any atom is -0.309 e. The molecule has 2 N–H and O–H groups in total. The normalized spacial score (nSPS) is 11.0. The van der Waals surface area contributed by atoms with Crippen LogP contribution >= 0.6 is 11.8 Å². The van der Waals surface area contributed by atoms with Crippen molar-refractivity contribution in [2.24, 2.45) is 5.41 Å². The van der Waals surface area contributed by atoms with Gasteiger partial charge in [0.1, 0.15) is 22.5 Å². The fourth-order valence-electron chi connectivity index (χ4n) is 1.65. The van der Waals surface area contributed by atoms with E-state index in [1.54, 1.807) is 0 Å². The number of nitrogens with zero attached hydrogens (tertiary/aromatic N) is 2. The van der Waals surface area contributed by atoms with Crippen molar-refractivity contribution in [1.29, 1.82) is 5.26 Å². The SMILES string of the molecule is CC(C)(C)C(=O)Nc1[nH]nc(SCc2ccccc2)c1C#N. The fraction of sp³-hybridized carbons (Fsp3) is 0.312. The molecule has 0 bridgehead atoms. The Labute approximate surface area is 134 Å². The zero-order valence-corrected chi connectivity index (χ0v) is 13.6. The van der Waals surface area contributed by atoms with Gasteiger partial charge in [-0.2, -0.15) is 10.4 Å². The molecule has 0 atom stereocenters. The van der Waals surface area contributed by atoms with Crippen molar-refractivity contribution in [3.63, 3.8) is 0 Å². The summed E-state index contributed by atoms with van der Waals surface area (Å²) in [7, 11) is 0. The molecule has 0 saturated carbocycles. The lowest BCUT2D eigenvalue weighted by Gasteiger charge is -2.16. The van der Waals surface area contributed by atoms with E-state index >= 15 is 0 Å². The molecule has 0 spiro atoms. The highest BCUT2D eigenvalue weighted by atomic mass is 32.2. The minimum atomic E-state index is -0.533. The Hall–Kier alpha value is -2.26. The predicted molar refractivity (Wildman–Crippen MR) is 87.4 cm³/mol. The number of nitriles is 1. The number of thioether (sulfide) groups is 1. The van der Waals surface area contributed by atoms with Crippen LogP contribution in [0.1, 0.15) is 31.9 Å². The van der Waals surface area contributed by atoms with Gasteiger partial charge in [-0.05, 0) is 5.56 Å². The summed E-state index contributed by atoms with van der Waals surface area (Å²) in [5.74, 6) is 0.915. The summed E-state index contributed by atoms with van der Waals surface area (Å²) in [6.45, 7) is 5.45. The van der Waals surface area contributed by atoms with Gasteiger partial charge in [0, 0.05) is 11.2 Å². The van der Waals surface area contributed by atoms with E-state index in [-0.39, 0.29) is 5.91 Å². The molecule has 0 radical (unpaired) electrons. The second-order valence-corrected chi connectivity index (χ2v) is 6.83. The van der Waals surface area contributed by atoms with Crippen LogP contribution in [0.5, 0.6) is 0 Å². The zero-order valence-electron chi connectivity index (χ0n) is 12.8. The van der Waals surface area contributed by atoms with Crippen LogP contribution in [-0.4, -0.2) is 16.1 Å². The maximum Gasteiger partial charge on any atom is 0.230 e. The van der Waals surface area contributed by atoms with Crippen molar-refractivity contribution in [2.75, 3.05) is 5.32 Å². The van der Waals surface area contributed by atoms with E-state index in [0.717, 1.165) is 5.56 Å². The molecule has 0 fully saturated rings. The quantitative estimate of drug-likeness (QED) is 0.845. The average molecular weight is 314 g/mol. The van der Waals surface area contributed by atoms with Crippen LogP contribution < -0.4 is 5.32 Å². The Morgan fingerprint density at radius 2 is 2.05 bits per heavy atom. The number of carbonyl (C=O) groups excluding carboxylic acids is 1. The molecule has 1 aromatic carbocycles. The number of amides is 1. The van der Waals surface area contributed by atoms with Crippen LogP contribution in [0, 0.1) is 16.7 Å². The lowest BCUT2D eigenvalue weighted by Crippen LogP contribution is -2.28. The molecule has 2 rings (SSSR count). The first kappa shape index (κ1) is 16.1. The Morgan fingerprint density at radius 3 is 2.64 bits per heavy atom. The van der Waals surface area contributed by atoms with E-state index < -0.39 is 5.41 Å². The van der Waals surface area contributed by atoms with Crippen LogP contribution in [0.25, 0.3) is 0 Å². The molecular weight excluding hydrogens is 296 g/mol. The number of hydrogen-bond donors (Lipinski definition) is 2. The van der Waals surface area contributed by atoms with E-state index in [4.69, 9.17) is 0 Å². The van der Waals surface area contributed by atoms with Crippen LogP contribution in [-0.2, 0) is 10.5 Å². The van der Waals surface area contributed by atoms with Crippen molar-refractivity contribution in [3.8, 4) is 6.07 Å². The Balaban J connectivity index is 2.11. The molecular formula is C16H18N4OS. The van der Waals surface area contributed by atoms with E-state index in [1.165, 1.54) is 11.8 Å². The van der Waals surface area contributed by atoms with Gasteiger partial charge in [0.2, 0.25) is 5.91 Å². The molecule has 0 saturated heterocycles. The third-order valence-corrected chi connectivity index (χ3v) is 4.03. The number of aromatic amines is 1. The highest BCUT2D eigenvalue weighted by Crippen LogP contribution is 2.28. The van der Waals surface area contributed by atoms with Crippen LogP contribution in [0.15, 0.2) is 35.4 Å². The summed E-state index contributed by atoms with van der Waals surface area (Å²) in [6.07, 6.45) is 0. The van der Waals surface area contributed by atoms with Crippen molar-refractivity contribution in [2.45, 2.75) is 31.6 Å². The van der Waals surface area contributed by atoms with Gasteiger partial charge < -0.3 is 5.32 Å². The predicted octanol–water partition coefficient (Wildman–Crippen LogP) is 3.56. The molecule has 0 aliphatic heterocycles. The van der Waals surface area contributed by atoms with Gasteiger partial charge in [-0.3, -0.25) is 9.89 Å². The zero-order chi connectivity index (χ0) is 16.2. The topological polar surface area (TPSA) is 81.6 Å². The summed E-state index contributed by atoms with van der Waals surface area (Å²) in [5.41, 5.74) is 0.994. The van der Waals surface area contributed by atoms with Crippen molar-refractivity contribution in [3.05, 3.63) is 41.5 Å². The number of aromatic nitrogens is 2. The third kappa shape index (κ3) is 3.89. The van der Waals surface area contributed by atoms with E-state index in [9.17, 15) is 10.1 Å². The summed E-state index contributed by atoms with van der Waals surface area (Å²) >= 11 is 1.46. The molecule has 6 heteroatoms. The van der Waals surface area contributed by atoms with Crippen LogP contribution in [0.2, 0.25) is 0 Å². The summed E-state index contributed by atoms with van der Waals surface area (Å²) in [6, 6.07) is 12.1. The monoisotopic (exact) mass is 314 g/mol. The number of H-pyrrole nitrogens is 1. The van der Waals surface area contributed by atoms with Crippen molar-refractivity contribution in [1.82, 2.24) is 10.2 Å². The van der Waals surface area contributed by atoms with Gasteiger partial charge in [-0.15, -0.1) is 0 Å². The first-order chi connectivity index (χ1) is 10.4. The highest BCUT2D eigenvalue weighted by Gasteiger charge is 2.24. The molecule has 1 heterocycles. The van der Waals surface area contributed by atoms with Crippen molar-refractivity contribution < 1.29 is 4.79 Å². The van der Waals surface area contributed by atoms with E-state index in [2.05, 4.69) is 21.6 Å². The second kappa shape index (κ2) is 6.67. The number of carbonyl (C=O) groups is 1. The van der Waals surface area contributed by atoms with Gasteiger partial charge in [-0.1, -0.05) is 62.9 Å². The molecule has 0 aliphatic rings. The van der Waals surface area contributed by atoms with E-state index in [1.807, 2.05) is 51.1 Å². The van der Waals surface area contributed by atoms with Gasteiger partial charge in [0.05, 0.1) is 0 Å². The molecule has 1 amide bonds. The highest BCUT2D eigenvalue weighted by molar-refractivity contribution is 7.98. The Morgan fingerprint density at radius 1 is 1.36 bits per heavy atom. The first-order valence-corrected chi connectivity index (χ1v) is 7.87. The maximum atomic E-state index is 12.0. The van der Waals surface area contributed by atoms with Gasteiger partial charge in [0.15, 0.2) is 0 Å². The molecule has 0 unspecified atom stereocenters. The smallest absolute Gasteiger partial charge is 0.230 e. The van der Waals surface area contributed by atoms with Gasteiger partial charge >= 0.3 is 0 Å². The Bertz CT molecular complexity index is 695. The van der Waals surface area contributed by atoms with Crippen LogP contribution in [0.4, 0.5) is 5.82 Å². The summed E-state index contributed by atoms with van der Waals surface area (Å²) in [4.78, 5) is 12.0. The number of benzene rings is 1. The largest absolute Gasteiger partial charge is 0.309 e. The van der Waals surface area contributed by atoms with E-state index in [0.29, 0.717) is 22.2 Å². The molecule has 0 aliphatic carbocycles. The van der Waals surface area contributed by atoms with Crippen molar-refractivity contribution >= 4 is 23.5 Å². The summed E-state index contributed by atoms with van der Waals surface area (Å²) in [5, 5.41) is 19.5. The second-order valence-electron chi connectivity index (χ2n) is 5.87. The van der Waals surface area contributed by atoms with Gasteiger partial charge in [0.25, 0.3) is 0 Å². The number of anilines is 1. The molecule has 1 aromatic heterocycles. The molecule has 5 nitrogen and oxygen atoms in total. The Kier molecular flexibility index (Phi) is 4.88. The average Bonchev–Trinajstić information content (AvgIpc) is 2.87.